The molecule has 110 valence electrons. The van der Waals surface area contributed by atoms with E-state index < -0.39 is 46.3 Å². The maximum absolute atomic E-state index is 13.0. The average Bonchev–Trinajstić information content (AvgIpc) is 2.24. The Labute approximate surface area is 110 Å². The molecule has 0 amide bonds. The van der Waals surface area contributed by atoms with E-state index in [2.05, 4.69) is 4.98 Å². The summed E-state index contributed by atoms with van der Waals surface area (Å²) in [7, 11) is 0. The molecule has 0 spiro atoms. The summed E-state index contributed by atoms with van der Waals surface area (Å²) >= 11 is 5.06. The maximum Gasteiger partial charge on any atom is 0.459 e. The summed E-state index contributed by atoms with van der Waals surface area (Å²) in [6, 6.07) is 0.403. The quantitative estimate of drug-likeness (QED) is 0.571. The molecule has 0 aliphatic heterocycles. The molecule has 0 saturated heterocycles. The molecule has 0 aliphatic carbocycles. The highest BCUT2D eigenvalue weighted by Crippen LogP contribution is 2.45. The molecule has 0 saturated carbocycles. The Balaban J connectivity index is 3.64. The van der Waals surface area contributed by atoms with Gasteiger partial charge in [0.05, 0.1) is 5.56 Å². The van der Waals surface area contributed by atoms with Gasteiger partial charge in [-0.2, -0.15) is 40.4 Å². The van der Waals surface area contributed by atoms with Crippen LogP contribution in [0.1, 0.15) is 16.8 Å². The summed E-state index contributed by atoms with van der Waals surface area (Å²) in [5.74, 6) is -5.63. The van der Waals surface area contributed by atoms with E-state index in [0.717, 1.165) is 6.07 Å². The number of nitriles is 1. The Kier molecular flexibility index (Phi) is 3.88. The second-order valence-electron chi connectivity index (χ2n) is 3.40. The van der Waals surface area contributed by atoms with Crippen molar-refractivity contribution in [2.75, 3.05) is 0 Å². The third-order valence-corrected chi connectivity index (χ3v) is 2.34. The first-order valence-electron chi connectivity index (χ1n) is 4.45. The second-order valence-corrected chi connectivity index (χ2v) is 3.76. The van der Waals surface area contributed by atoms with E-state index in [1.54, 1.807) is 0 Å². The Morgan fingerprint density at radius 3 is 1.90 bits per heavy atom. The first kappa shape index (κ1) is 16.4. The molecule has 11 heteroatoms. The van der Waals surface area contributed by atoms with Crippen molar-refractivity contribution in [3.8, 4) is 6.07 Å². The first-order valence-corrected chi connectivity index (χ1v) is 4.83. The normalized spacial score (nSPS) is 13.2. The van der Waals surface area contributed by atoms with Crippen molar-refractivity contribution in [1.29, 1.82) is 5.26 Å². The number of hydrogen-bond acceptors (Lipinski definition) is 2. The monoisotopic (exact) mass is 324 g/mol. The Bertz CT molecular complexity index is 569. The summed E-state index contributed by atoms with van der Waals surface area (Å²) in [5, 5.41) is 7.04. The zero-order valence-corrected chi connectivity index (χ0v) is 9.63. The minimum Gasteiger partial charge on any atom is -0.233 e. The number of halogens is 9. The van der Waals surface area contributed by atoms with E-state index in [1.165, 1.54) is 0 Å². The zero-order valence-electron chi connectivity index (χ0n) is 8.87. The minimum absolute atomic E-state index is 0.544. The van der Waals surface area contributed by atoms with Crippen molar-refractivity contribution in [3.63, 3.8) is 0 Å². The molecule has 0 radical (unpaired) electrons. The maximum atomic E-state index is 13.0. The first-order chi connectivity index (χ1) is 8.82. The van der Waals surface area contributed by atoms with Crippen LogP contribution in [0, 0.1) is 11.3 Å². The zero-order chi connectivity index (χ0) is 15.9. The average molecular weight is 325 g/mol. The highest BCUT2D eigenvalue weighted by atomic mass is 35.5. The lowest BCUT2D eigenvalue weighted by Gasteiger charge is -2.20. The lowest BCUT2D eigenvalue weighted by atomic mass is 10.1. The van der Waals surface area contributed by atoms with Gasteiger partial charge >= 0.3 is 18.3 Å². The summed E-state index contributed by atoms with van der Waals surface area (Å²) in [5.41, 5.74) is -5.58. The molecule has 1 aromatic heterocycles. The van der Waals surface area contributed by atoms with Gasteiger partial charge in [-0.15, -0.1) is 0 Å². The molecule has 0 N–H and O–H groups in total. The predicted molar refractivity (Wildman–Crippen MR) is 48.9 cm³/mol. The Morgan fingerprint density at radius 1 is 1.05 bits per heavy atom. The molecule has 0 bridgehead atoms. The third kappa shape index (κ3) is 2.77. The number of pyridine rings is 1. The topological polar surface area (TPSA) is 36.7 Å². The van der Waals surface area contributed by atoms with Gasteiger partial charge in [-0.1, -0.05) is 11.6 Å². The van der Waals surface area contributed by atoms with Gasteiger partial charge < -0.3 is 0 Å². The molecule has 0 aliphatic rings. The molecule has 20 heavy (non-hydrogen) atoms. The van der Waals surface area contributed by atoms with Crippen molar-refractivity contribution in [2.24, 2.45) is 0 Å². The second kappa shape index (κ2) is 4.73. The van der Waals surface area contributed by atoms with Gasteiger partial charge in [-0.25, -0.2) is 4.98 Å². The molecule has 0 atom stereocenters. The third-order valence-electron chi connectivity index (χ3n) is 2.07. The molecular weight excluding hydrogens is 324 g/mol. The van der Waals surface area contributed by atoms with Gasteiger partial charge in [-0.3, -0.25) is 0 Å². The van der Waals surface area contributed by atoms with Gasteiger partial charge in [0.15, 0.2) is 0 Å². The van der Waals surface area contributed by atoms with E-state index in [4.69, 9.17) is 16.9 Å². The molecule has 0 unspecified atom stereocenters. The number of aromatic nitrogens is 1. The number of rotatable bonds is 1. The summed E-state index contributed by atoms with van der Waals surface area (Å²) in [4.78, 5) is 2.53. The van der Waals surface area contributed by atoms with Crippen LogP contribution in [0.25, 0.3) is 0 Å². The Hall–Kier alpha value is -1.63. The van der Waals surface area contributed by atoms with E-state index in [1.807, 2.05) is 0 Å². The molecule has 1 heterocycles. The van der Waals surface area contributed by atoms with E-state index in [9.17, 15) is 35.1 Å². The molecule has 1 aromatic rings. The highest BCUT2D eigenvalue weighted by Gasteiger charge is 2.60. The fraction of sp³-hybridized carbons (Fsp3) is 0.333. The van der Waals surface area contributed by atoms with Gasteiger partial charge in [0.2, 0.25) is 0 Å². The molecule has 0 fully saturated rings. The lowest BCUT2D eigenvalue weighted by Crippen LogP contribution is -2.35. The van der Waals surface area contributed by atoms with Crippen molar-refractivity contribution in [3.05, 3.63) is 28.0 Å². The van der Waals surface area contributed by atoms with Crippen LogP contribution in [0.5, 0.6) is 0 Å². The molecule has 1 rings (SSSR count). The standard InChI is InChI=1S/C9HClF8N2/c10-6-3(2-19)4(8(13,14)15)1-5(20-6)7(11,12)9(16,17)18/h1H. The fourth-order valence-electron chi connectivity index (χ4n) is 1.15. The summed E-state index contributed by atoms with van der Waals surface area (Å²) in [6.07, 6.45) is -11.5. The molecule has 2 nitrogen and oxygen atoms in total. The van der Waals surface area contributed by atoms with Crippen LogP contribution in [-0.4, -0.2) is 11.2 Å². The van der Waals surface area contributed by atoms with Gasteiger partial charge in [0.1, 0.15) is 22.5 Å². The van der Waals surface area contributed by atoms with Crippen molar-refractivity contribution >= 4 is 11.6 Å². The van der Waals surface area contributed by atoms with E-state index >= 15 is 0 Å². The van der Waals surface area contributed by atoms with E-state index in [0.29, 0.717) is 0 Å². The smallest absolute Gasteiger partial charge is 0.233 e. The van der Waals surface area contributed by atoms with E-state index in [-0.39, 0.29) is 0 Å². The molecular formula is C9HClF8N2. The van der Waals surface area contributed by atoms with Crippen molar-refractivity contribution in [2.45, 2.75) is 18.3 Å². The van der Waals surface area contributed by atoms with Crippen LogP contribution in [0.15, 0.2) is 6.07 Å². The minimum atomic E-state index is -6.15. The summed E-state index contributed by atoms with van der Waals surface area (Å²) < 4.78 is 99.7. The number of alkyl halides is 8. The van der Waals surface area contributed by atoms with Gasteiger partial charge in [0, 0.05) is 0 Å². The molecule has 0 aromatic carbocycles. The van der Waals surface area contributed by atoms with Crippen LogP contribution in [0.2, 0.25) is 5.15 Å². The van der Waals surface area contributed by atoms with Gasteiger partial charge in [0.25, 0.3) is 0 Å². The largest absolute Gasteiger partial charge is 0.459 e. The lowest BCUT2D eigenvalue weighted by molar-refractivity contribution is -0.291. The van der Waals surface area contributed by atoms with Crippen molar-refractivity contribution in [1.82, 2.24) is 4.98 Å². The van der Waals surface area contributed by atoms with Crippen LogP contribution in [-0.2, 0) is 12.1 Å². The van der Waals surface area contributed by atoms with Crippen LogP contribution in [0.4, 0.5) is 35.1 Å². The predicted octanol–water partition coefficient (Wildman–Crippen LogP) is 4.28. The fourth-order valence-corrected chi connectivity index (χ4v) is 1.39. The van der Waals surface area contributed by atoms with Crippen molar-refractivity contribution < 1.29 is 35.1 Å². The van der Waals surface area contributed by atoms with Crippen LogP contribution in [0.3, 0.4) is 0 Å². The highest BCUT2D eigenvalue weighted by molar-refractivity contribution is 6.30. The number of nitrogens with zero attached hydrogens (tertiary/aromatic N) is 2. The van der Waals surface area contributed by atoms with Crippen LogP contribution >= 0.6 is 11.6 Å². The number of hydrogen-bond donors (Lipinski definition) is 0. The van der Waals surface area contributed by atoms with Crippen LogP contribution < -0.4 is 0 Å². The Morgan fingerprint density at radius 2 is 1.55 bits per heavy atom. The van der Waals surface area contributed by atoms with Gasteiger partial charge in [-0.05, 0) is 6.07 Å². The SMILES string of the molecule is N#Cc1c(C(F)(F)F)cc(C(F)(F)C(F)(F)F)nc1Cl. The summed E-state index contributed by atoms with van der Waals surface area (Å²) in [6.45, 7) is 0.